The number of ether oxygens (including phenoxy) is 1. The third kappa shape index (κ3) is 3.05. The molecule has 0 unspecified atom stereocenters. The maximum Gasteiger partial charge on any atom is 0.227 e. The molecule has 3 N–H and O–H groups in total. The number of hydrazine groups is 1. The highest BCUT2D eigenvalue weighted by Gasteiger charge is 2.16. The maximum absolute atomic E-state index is 5.87. The Balaban J connectivity index is 2.32. The van der Waals surface area contributed by atoms with Crippen molar-refractivity contribution >= 4 is 5.82 Å². The zero-order valence-corrected chi connectivity index (χ0v) is 12.1. The number of hydrogen-bond acceptors (Lipinski definition) is 5. The maximum atomic E-state index is 5.87. The lowest BCUT2D eigenvalue weighted by molar-refractivity contribution is 0.451. The summed E-state index contributed by atoms with van der Waals surface area (Å²) < 4.78 is 5.87. The summed E-state index contributed by atoms with van der Waals surface area (Å²) in [4.78, 5) is 8.34. The molecule has 1 aromatic carbocycles. The van der Waals surface area contributed by atoms with Crippen LogP contribution in [0, 0.1) is 0 Å². The Labute approximate surface area is 119 Å². The number of aryl methyl sites for hydroxylation is 1. The van der Waals surface area contributed by atoms with Crippen molar-refractivity contribution in [3.05, 3.63) is 41.7 Å². The van der Waals surface area contributed by atoms with Crippen LogP contribution in [0.1, 0.15) is 37.8 Å². The number of nitrogens with one attached hydrogen (secondary N) is 1. The average Bonchev–Trinajstić information content (AvgIpc) is 2.47. The highest BCUT2D eigenvalue weighted by atomic mass is 16.5. The van der Waals surface area contributed by atoms with E-state index in [0.717, 1.165) is 17.7 Å². The fourth-order valence-electron chi connectivity index (χ4n) is 2.00. The van der Waals surface area contributed by atoms with Gasteiger partial charge in [0.05, 0.1) is 5.56 Å². The summed E-state index contributed by atoms with van der Waals surface area (Å²) in [7, 11) is 0. The van der Waals surface area contributed by atoms with Gasteiger partial charge in [0.15, 0.2) is 5.82 Å². The molecule has 0 bridgehead atoms. The number of nitrogens with zero attached hydrogens (tertiary/aromatic N) is 2. The first kappa shape index (κ1) is 14.3. The second kappa shape index (κ2) is 6.34. The molecule has 0 amide bonds. The minimum absolute atomic E-state index is 0.201. The van der Waals surface area contributed by atoms with E-state index in [2.05, 4.69) is 22.3 Å². The van der Waals surface area contributed by atoms with Gasteiger partial charge in [0, 0.05) is 0 Å². The monoisotopic (exact) mass is 272 g/mol. The molecule has 0 fully saturated rings. The van der Waals surface area contributed by atoms with Crippen LogP contribution in [-0.4, -0.2) is 9.97 Å². The van der Waals surface area contributed by atoms with Gasteiger partial charge in [-0.1, -0.05) is 32.9 Å². The van der Waals surface area contributed by atoms with Crippen LogP contribution < -0.4 is 16.0 Å². The molecular formula is C15H20N4O. The van der Waals surface area contributed by atoms with E-state index in [0.29, 0.717) is 11.7 Å². The predicted molar refractivity (Wildman–Crippen MR) is 79.8 cm³/mol. The summed E-state index contributed by atoms with van der Waals surface area (Å²) >= 11 is 0. The second-order valence-corrected chi connectivity index (χ2v) is 4.84. The molecule has 2 aromatic rings. The van der Waals surface area contributed by atoms with Gasteiger partial charge in [0.2, 0.25) is 5.88 Å². The van der Waals surface area contributed by atoms with E-state index in [1.807, 2.05) is 38.1 Å². The molecule has 5 nitrogen and oxygen atoms in total. The Morgan fingerprint density at radius 2 is 1.90 bits per heavy atom. The molecule has 0 saturated heterocycles. The summed E-state index contributed by atoms with van der Waals surface area (Å²) in [6, 6.07) is 7.99. The average molecular weight is 272 g/mol. The van der Waals surface area contributed by atoms with E-state index < -0.39 is 0 Å². The number of anilines is 1. The van der Waals surface area contributed by atoms with Crippen molar-refractivity contribution in [2.24, 2.45) is 5.84 Å². The molecule has 106 valence electrons. The first-order chi connectivity index (χ1) is 9.65. The van der Waals surface area contributed by atoms with E-state index in [1.54, 1.807) is 0 Å². The first-order valence-electron chi connectivity index (χ1n) is 6.74. The standard InChI is InChI=1S/C15H20N4O/c1-4-11-5-7-12(8-6-11)20-15-13(10(2)3)14(19-16)17-9-18-15/h5-10H,4,16H2,1-3H3,(H,17,18,19). The lowest BCUT2D eigenvalue weighted by Gasteiger charge is -2.15. The Morgan fingerprint density at radius 1 is 1.20 bits per heavy atom. The molecule has 0 aliphatic rings. The van der Waals surface area contributed by atoms with E-state index in [4.69, 9.17) is 10.6 Å². The molecule has 2 rings (SSSR count). The molecule has 1 heterocycles. The Morgan fingerprint density at radius 3 is 2.45 bits per heavy atom. The zero-order valence-electron chi connectivity index (χ0n) is 12.1. The van der Waals surface area contributed by atoms with Crippen LogP contribution in [0.3, 0.4) is 0 Å². The lowest BCUT2D eigenvalue weighted by Crippen LogP contribution is -2.13. The van der Waals surface area contributed by atoms with Gasteiger partial charge in [-0.05, 0) is 30.0 Å². The van der Waals surface area contributed by atoms with Gasteiger partial charge in [-0.3, -0.25) is 0 Å². The quantitative estimate of drug-likeness (QED) is 0.645. The summed E-state index contributed by atoms with van der Waals surface area (Å²) in [5.74, 6) is 7.58. The van der Waals surface area contributed by atoms with Crippen LogP contribution in [0.25, 0.3) is 0 Å². The summed E-state index contributed by atoms with van der Waals surface area (Å²) in [6.07, 6.45) is 2.45. The smallest absolute Gasteiger partial charge is 0.227 e. The molecule has 0 atom stereocenters. The number of nitrogens with two attached hydrogens (primary N) is 1. The fourth-order valence-corrected chi connectivity index (χ4v) is 2.00. The largest absolute Gasteiger partial charge is 0.439 e. The SMILES string of the molecule is CCc1ccc(Oc2ncnc(NN)c2C(C)C)cc1. The summed E-state index contributed by atoms with van der Waals surface area (Å²) in [6.45, 7) is 6.22. The number of hydrogen-bond donors (Lipinski definition) is 2. The Hall–Kier alpha value is -2.14. The topological polar surface area (TPSA) is 73.1 Å². The second-order valence-electron chi connectivity index (χ2n) is 4.84. The molecular weight excluding hydrogens is 252 g/mol. The molecule has 0 saturated carbocycles. The van der Waals surface area contributed by atoms with Gasteiger partial charge in [-0.15, -0.1) is 0 Å². The highest BCUT2D eigenvalue weighted by molar-refractivity contribution is 5.50. The zero-order chi connectivity index (χ0) is 14.5. The van der Waals surface area contributed by atoms with Crippen LogP contribution in [0.15, 0.2) is 30.6 Å². The minimum Gasteiger partial charge on any atom is -0.439 e. The molecule has 5 heteroatoms. The molecule has 20 heavy (non-hydrogen) atoms. The number of rotatable bonds is 5. The third-order valence-corrected chi connectivity index (χ3v) is 3.11. The van der Waals surface area contributed by atoms with Crippen molar-refractivity contribution in [2.75, 3.05) is 5.43 Å². The lowest BCUT2D eigenvalue weighted by atomic mass is 10.1. The molecule has 0 radical (unpaired) electrons. The predicted octanol–water partition coefficient (Wildman–Crippen LogP) is 3.24. The third-order valence-electron chi connectivity index (χ3n) is 3.11. The fraction of sp³-hybridized carbons (Fsp3) is 0.333. The first-order valence-corrected chi connectivity index (χ1v) is 6.74. The van der Waals surface area contributed by atoms with Crippen molar-refractivity contribution in [1.29, 1.82) is 0 Å². The number of benzene rings is 1. The van der Waals surface area contributed by atoms with Crippen molar-refractivity contribution in [1.82, 2.24) is 9.97 Å². The van der Waals surface area contributed by atoms with E-state index >= 15 is 0 Å². The van der Waals surface area contributed by atoms with E-state index in [-0.39, 0.29) is 5.92 Å². The molecule has 0 aliphatic heterocycles. The molecule has 0 aliphatic carbocycles. The van der Waals surface area contributed by atoms with Crippen molar-refractivity contribution in [3.8, 4) is 11.6 Å². The van der Waals surface area contributed by atoms with Gasteiger partial charge < -0.3 is 10.2 Å². The summed E-state index contributed by atoms with van der Waals surface area (Å²) in [5.41, 5.74) is 4.73. The van der Waals surface area contributed by atoms with Gasteiger partial charge in [-0.2, -0.15) is 0 Å². The summed E-state index contributed by atoms with van der Waals surface area (Å²) in [5, 5.41) is 0. The van der Waals surface area contributed by atoms with Crippen LogP contribution in [0.5, 0.6) is 11.6 Å². The number of nitrogen functional groups attached to an aromatic ring is 1. The van der Waals surface area contributed by atoms with Crippen LogP contribution >= 0.6 is 0 Å². The van der Waals surface area contributed by atoms with E-state index in [9.17, 15) is 0 Å². The molecule has 1 aromatic heterocycles. The van der Waals surface area contributed by atoms with Crippen molar-refractivity contribution in [2.45, 2.75) is 33.1 Å². The normalized spacial score (nSPS) is 10.7. The van der Waals surface area contributed by atoms with Crippen LogP contribution in [0.2, 0.25) is 0 Å². The van der Waals surface area contributed by atoms with Gasteiger partial charge in [0.1, 0.15) is 12.1 Å². The minimum atomic E-state index is 0.201. The Bertz CT molecular complexity index is 567. The van der Waals surface area contributed by atoms with Crippen LogP contribution in [-0.2, 0) is 6.42 Å². The van der Waals surface area contributed by atoms with Crippen LogP contribution in [0.4, 0.5) is 5.82 Å². The van der Waals surface area contributed by atoms with E-state index in [1.165, 1.54) is 11.9 Å². The van der Waals surface area contributed by atoms with Gasteiger partial charge in [-0.25, -0.2) is 15.8 Å². The van der Waals surface area contributed by atoms with Gasteiger partial charge in [0.25, 0.3) is 0 Å². The number of aromatic nitrogens is 2. The van der Waals surface area contributed by atoms with Gasteiger partial charge >= 0.3 is 0 Å². The van der Waals surface area contributed by atoms with Crippen molar-refractivity contribution in [3.63, 3.8) is 0 Å². The Kier molecular flexibility index (Phi) is 4.53. The van der Waals surface area contributed by atoms with Crippen molar-refractivity contribution < 1.29 is 4.74 Å². The highest BCUT2D eigenvalue weighted by Crippen LogP contribution is 2.32. The molecule has 0 spiro atoms.